The maximum Gasteiger partial charge on any atom is 0.118 e. The molecule has 0 saturated heterocycles. The summed E-state index contributed by atoms with van der Waals surface area (Å²) in [5, 5.41) is 28.6. The Bertz CT molecular complexity index is 1210. The van der Waals surface area contributed by atoms with Crippen LogP contribution in [0.15, 0.2) is 84.9 Å². The molecule has 0 radical (unpaired) electrons. The van der Waals surface area contributed by atoms with E-state index in [1.807, 2.05) is 50.2 Å². The number of hydrogen-bond acceptors (Lipinski definition) is 3. The molecule has 0 aliphatic heterocycles. The summed E-state index contributed by atoms with van der Waals surface area (Å²) in [5.41, 5.74) is 7.60. The van der Waals surface area contributed by atoms with Crippen LogP contribution in [0.2, 0.25) is 0 Å². The van der Waals surface area contributed by atoms with Gasteiger partial charge in [0, 0.05) is 10.8 Å². The number of aryl methyl sites for hydroxylation is 3. The van der Waals surface area contributed by atoms with Gasteiger partial charge in [-0.2, -0.15) is 0 Å². The van der Waals surface area contributed by atoms with Gasteiger partial charge in [-0.15, -0.1) is 0 Å². The van der Waals surface area contributed by atoms with Crippen LogP contribution in [0, 0.1) is 20.8 Å². The molecule has 0 bridgehead atoms. The van der Waals surface area contributed by atoms with Gasteiger partial charge >= 0.3 is 0 Å². The maximum absolute atomic E-state index is 9.63. The van der Waals surface area contributed by atoms with E-state index in [2.05, 4.69) is 58.9 Å². The van der Waals surface area contributed by atoms with Crippen LogP contribution in [0.5, 0.6) is 17.2 Å². The van der Waals surface area contributed by atoms with Crippen molar-refractivity contribution >= 4 is 0 Å². The molecule has 0 unspecified atom stereocenters. The summed E-state index contributed by atoms with van der Waals surface area (Å²) in [7, 11) is 0. The monoisotopic (exact) mass is 498 g/mol. The van der Waals surface area contributed by atoms with Crippen LogP contribution in [0.4, 0.5) is 0 Å². The molecule has 0 amide bonds. The normalized spacial score (nSPS) is 11.2. The van der Waals surface area contributed by atoms with Crippen molar-refractivity contribution in [3.63, 3.8) is 0 Å². The number of aromatic hydroxyl groups is 3. The van der Waals surface area contributed by atoms with Gasteiger partial charge in [0.05, 0.1) is 0 Å². The summed E-state index contributed by atoms with van der Waals surface area (Å²) in [6.45, 7) is 14.6. The molecule has 3 nitrogen and oxygen atoms in total. The summed E-state index contributed by atoms with van der Waals surface area (Å²) in [5.74, 6) is 0.955. The summed E-state index contributed by atoms with van der Waals surface area (Å²) < 4.78 is 0. The van der Waals surface area contributed by atoms with Crippen LogP contribution in [0.25, 0.3) is 0 Å². The van der Waals surface area contributed by atoms with E-state index in [0.29, 0.717) is 17.2 Å². The molecule has 3 N–H and O–H groups in total. The van der Waals surface area contributed by atoms with E-state index in [-0.39, 0.29) is 18.3 Å². The van der Waals surface area contributed by atoms with Crippen LogP contribution in [0.3, 0.4) is 0 Å². The lowest BCUT2D eigenvalue weighted by atomic mass is 9.77. The Balaban J connectivity index is 0.000000255. The Hall–Kier alpha value is -3.72. The van der Waals surface area contributed by atoms with E-state index in [1.165, 1.54) is 16.7 Å². The summed E-state index contributed by atoms with van der Waals surface area (Å²) in [6, 6.07) is 27.4. The van der Waals surface area contributed by atoms with Gasteiger partial charge in [0.25, 0.3) is 0 Å². The van der Waals surface area contributed by atoms with Crippen LogP contribution in [-0.4, -0.2) is 15.3 Å². The second kappa shape index (κ2) is 11.6. The van der Waals surface area contributed by atoms with Crippen molar-refractivity contribution in [3.05, 3.63) is 124 Å². The van der Waals surface area contributed by atoms with Crippen molar-refractivity contribution in [2.75, 3.05) is 0 Å². The summed E-state index contributed by atoms with van der Waals surface area (Å²) in [6.07, 6.45) is 0. The fourth-order valence-corrected chi connectivity index (χ4v) is 4.27. The van der Waals surface area contributed by atoms with Crippen molar-refractivity contribution in [2.24, 2.45) is 0 Å². The minimum Gasteiger partial charge on any atom is -0.508 e. The Morgan fingerprint density at radius 2 is 0.784 bits per heavy atom. The molecule has 0 aromatic heterocycles. The Labute approximate surface area is 223 Å². The highest BCUT2D eigenvalue weighted by molar-refractivity contribution is 5.46. The highest BCUT2D eigenvalue weighted by Crippen LogP contribution is 2.35. The number of phenols is 3. The molecule has 0 spiro atoms. The summed E-state index contributed by atoms with van der Waals surface area (Å²) in [4.78, 5) is 0. The second-order valence-corrected chi connectivity index (χ2v) is 10.7. The zero-order valence-electron chi connectivity index (χ0n) is 22.4. The Morgan fingerprint density at radius 3 is 1.16 bits per heavy atom. The highest BCUT2D eigenvalue weighted by Gasteiger charge is 2.24. The van der Waals surface area contributed by atoms with Gasteiger partial charge in [-0.3, -0.25) is 0 Å². The van der Waals surface area contributed by atoms with Crippen LogP contribution >= 0.6 is 0 Å². The number of rotatable bonds is 4. The van der Waals surface area contributed by atoms with Crippen LogP contribution in [0.1, 0.15) is 74.1 Å². The molecule has 0 saturated carbocycles. The van der Waals surface area contributed by atoms with Crippen molar-refractivity contribution < 1.29 is 15.3 Å². The zero-order valence-corrected chi connectivity index (χ0v) is 22.4. The molecule has 0 aliphatic rings. The highest BCUT2D eigenvalue weighted by atomic mass is 16.3. The van der Waals surface area contributed by atoms with E-state index in [1.54, 1.807) is 24.3 Å². The minimum atomic E-state index is -0.170. The number of phenolic OH excluding ortho intramolecular Hbond substituents is 3. The Morgan fingerprint density at radius 1 is 0.459 bits per heavy atom. The molecule has 4 aromatic carbocycles. The molecule has 0 fully saturated rings. The second-order valence-electron chi connectivity index (χ2n) is 10.7. The first-order chi connectivity index (χ1) is 16.8. The molecule has 196 valence electrons. The lowest BCUT2D eigenvalue weighted by Crippen LogP contribution is -2.19. The van der Waals surface area contributed by atoms with Gasteiger partial charge < -0.3 is 15.3 Å². The van der Waals surface area contributed by atoms with Crippen molar-refractivity contribution in [1.29, 1.82) is 0 Å². The fourth-order valence-electron chi connectivity index (χ4n) is 4.27. The first kappa shape index (κ1) is 29.5. The molecule has 3 heteroatoms. The maximum atomic E-state index is 9.63. The van der Waals surface area contributed by atoms with Gasteiger partial charge in [0.15, 0.2) is 0 Å². The number of hydrogen-bond donors (Lipinski definition) is 3. The molecule has 0 aliphatic carbocycles. The molecular formula is C34H42O3. The van der Waals surface area contributed by atoms with E-state index in [4.69, 9.17) is 0 Å². The average molecular weight is 499 g/mol. The van der Waals surface area contributed by atoms with Gasteiger partial charge in [0.1, 0.15) is 17.2 Å². The van der Waals surface area contributed by atoms with E-state index in [9.17, 15) is 15.3 Å². The van der Waals surface area contributed by atoms with Crippen LogP contribution in [-0.2, 0) is 10.8 Å². The SMILES string of the molecule is C.Cc1cc(C(C)(C)c2ccc(O)c(C)c2)ccc1O.Cc1ccc(C(C)(C)c2ccc(O)cc2)cc1. The molecule has 4 rings (SSSR count). The van der Waals surface area contributed by atoms with Crippen molar-refractivity contribution in [2.45, 2.75) is 66.7 Å². The Kier molecular flexibility index (Phi) is 9.22. The zero-order chi connectivity index (χ0) is 26.7. The van der Waals surface area contributed by atoms with Crippen LogP contribution < -0.4 is 0 Å². The van der Waals surface area contributed by atoms with Gasteiger partial charge in [-0.1, -0.05) is 101 Å². The smallest absolute Gasteiger partial charge is 0.118 e. The summed E-state index contributed by atoms with van der Waals surface area (Å²) >= 11 is 0. The van der Waals surface area contributed by atoms with Gasteiger partial charge in [-0.05, 0) is 78.4 Å². The standard InChI is InChI=1S/C17H20O2.C16H18O.CH4/c1-11-9-13(5-7-15(11)18)17(3,4)14-6-8-16(19)12(2)10-14;1-12-4-6-13(7-5-12)16(2,3)14-8-10-15(17)11-9-14;/h5-10,18-19H,1-4H3;4-11,17H,1-3H3;1H4. The molecule has 37 heavy (non-hydrogen) atoms. The topological polar surface area (TPSA) is 60.7 Å². The fraction of sp³-hybridized carbons (Fsp3) is 0.294. The average Bonchev–Trinajstić information content (AvgIpc) is 2.83. The predicted octanol–water partition coefficient (Wildman–Crippen LogP) is 8.70. The van der Waals surface area contributed by atoms with Gasteiger partial charge in [0.2, 0.25) is 0 Å². The lowest BCUT2D eigenvalue weighted by molar-refractivity contribution is 0.469. The molecular weight excluding hydrogens is 456 g/mol. The molecule has 0 atom stereocenters. The van der Waals surface area contributed by atoms with Gasteiger partial charge in [-0.25, -0.2) is 0 Å². The lowest BCUT2D eigenvalue weighted by Gasteiger charge is -2.27. The molecule has 0 heterocycles. The van der Waals surface area contributed by atoms with E-state index >= 15 is 0 Å². The largest absolute Gasteiger partial charge is 0.508 e. The third kappa shape index (κ3) is 6.74. The molecule has 4 aromatic rings. The van der Waals surface area contributed by atoms with Crippen molar-refractivity contribution in [3.8, 4) is 17.2 Å². The third-order valence-corrected chi connectivity index (χ3v) is 7.20. The first-order valence-corrected chi connectivity index (χ1v) is 12.3. The first-order valence-electron chi connectivity index (χ1n) is 12.3. The predicted molar refractivity (Wildman–Crippen MR) is 156 cm³/mol. The van der Waals surface area contributed by atoms with E-state index < -0.39 is 0 Å². The van der Waals surface area contributed by atoms with Crippen molar-refractivity contribution in [1.82, 2.24) is 0 Å². The quantitative estimate of drug-likeness (QED) is 0.264. The minimum absolute atomic E-state index is 0. The third-order valence-electron chi connectivity index (χ3n) is 7.20. The number of benzene rings is 4. The van der Waals surface area contributed by atoms with E-state index in [0.717, 1.165) is 22.3 Å².